The Morgan fingerprint density at radius 1 is 1.26 bits per heavy atom. The third kappa shape index (κ3) is 2.86. The lowest BCUT2D eigenvalue weighted by Crippen LogP contribution is -2.07. The van der Waals surface area contributed by atoms with E-state index in [0.29, 0.717) is 16.3 Å². The van der Waals surface area contributed by atoms with Gasteiger partial charge < -0.3 is 10.2 Å². The maximum Gasteiger partial charge on any atom is 0.271 e. The van der Waals surface area contributed by atoms with Crippen LogP contribution in [0.2, 0.25) is 0 Å². The van der Waals surface area contributed by atoms with E-state index in [1.165, 1.54) is 23.0 Å². The van der Waals surface area contributed by atoms with Gasteiger partial charge in [0, 0.05) is 17.3 Å². The van der Waals surface area contributed by atoms with Crippen molar-refractivity contribution in [3.05, 3.63) is 46.0 Å². The van der Waals surface area contributed by atoms with Crippen molar-refractivity contribution in [2.45, 2.75) is 13.8 Å². The topological polar surface area (TPSA) is 104 Å². The Bertz CT molecular complexity index is 953. The summed E-state index contributed by atoms with van der Waals surface area (Å²) in [6.07, 6.45) is 1.43. The molecule has 1 aromatic carbocycles. The van der Waals surface area contributed by atoms with E-state index >= 15 is 0 Å². The molecule has 0 saturated heterocycles. The smallest absolute Gasteiger partial charge is 0.271 e. The van der Waals surface area contributed by atoms with Gasteiger partial charge in [-0.25, -0.2) is 9.78 Å². The molecule has 8 nitrogen and oxygen atoms in total. The molecule has 0 fully saturated rings. The number of hydrogen-bond acceptors (Lipinski definition) is 6. The lowest BCUT2D eigenvalue weighted by Gasteiger charge is -2.03. The van der Waals surface area contributed by atoms with Crippen LogP contribution in [0.5, 0.6) is 11.5 Å². The number of aryl methyl sites for hydroxylation is 2. The third-order valence-electron chi connectivity index (χ3n) is 3.16. The van der Waals surface area contributed by atoms with Gasteiger partial charge in [-0.15, -0.1) is 5.10 Å². The van der Waals surface area contributed by atoms with Crippen LogP contribution in [0.3, 0.4) is 0 Å². The molecule has 3 rings (SSSR count). The number of benzene rings is 1. The van der Waals surface area contributed by atoms with Gasteiger partial charge in [-0.3, -0.25) is 0 Å². The first-order valence-corrected chi connectivity index (χ1v) is 7.14. The number of rotatable bonds is 3. The van der Waals surface area contributed by atoms with E-state index in [0.717, 1.165) is 11.4 Å². The van der Waals surface area contributed by atoms with Crippen LogP contribution in [0, 0.1) is 18.6 Å². The fourth-order valence-electron chi connectivity index (χ4n) is 2.12. The van der Waals surface area contributed by atoms with Crippen LogP contribution in [0.1, 0.15) is 17.0 Å². The number of hydrogen-bond donors (Lipinski definition) is 3. The molecule has 0 aliphatic carbocycles. The second-order valence-electron chi connectivity index (χ2n) is 4.97. The van der Waals surface area contributed by atoms with E-state index in [2.05, 4.69) is 20.4 Å². The van der Waals surface area contributed by atoms with Crippen molar-refractivity contribution in [3.63, 3.8) is 0 Å². The summed E-state index contributed by atoms with van der Waals surface area (Å²) in [6, 6.07) is 6.15. The van der Waals surface area contributed by atoms with E-state index < -0.39 is 0 Å². The standard InChI is InChI=1S/C14H14N6O2S/c1-8-5-9(2)19(18-8)13-16-17-14(23)20(13)15-7-10-3-4-11(21)6-12(10)22/h3-7,21-22H,1-2H3,(H,17,23)/b15-7+. The SMILES string of the molecule is Cc1cc(C)n(-c2n[nH]c(=S)n2/N=C/c2ccc(O)cc2O)n1. The van der Waals surface area contributed by atoms with Gasteiger partial charge in [-0.2, -0.15) is 14.9 Å². The van der Waals surface area contributed by atoms with Crippen LogP contribution in [-0.2, 0) is 0 Å². The van der Waals surface area contributed by atoms with Crippen molar-refractivity contribution < 1.29 is 10.2 Å². The molecule has 0 atom stereocenters. The highest BCUT2D eigenvalue weighted by molar-refractivity contribution is 7.71. The lowest BCUT2D eigenvalue weighted by molar-refractivity contribution is 0.450. The number of aromatic hydroxyl groups is 2. The highest BCUT2D eigenvalue weighted by Crippen LogP contribution is 2.21. The van der Waals surface area contributed by atoms with Gasteiger partial charge in [0.1, 0.15) is 11.5 Å². The minimum atomic E-state index is -0.0866. The van der Waals surface area contributed by atoms with E-state index in [1.54, 1.807) is 10.7 Å². The van der Waals surface area contributed by atoms with Crippen LogP contribution in [0.15, 0.2) is 29.4 Å². The van der Waals surface area contributed by atoms with Crippen molar-refractivity contribution in [1.82, 2.24) is 24.7 Å². The zero-order chi connectivity index (χ0) is 16.6. The Labute approximate surface area is 136 Å². The van der Waals surface area contributed by atoms with Crippen LogP contribution < -0.4 is 0 Å². The zero-order valence-corrected chi connectivity index (χ0v) is 13.2. The number of aromatic nitrogens is 5. The van der Waals surface area contributed by atoms with Gasteiger partial charge in [0.25, 0.3) is 5.95 Å². The van der Waals surface area contributed by atoms with E-state index in [1.807, 2.05) is 19.9 Å². The second kappa shape index (κ2) is 5.69. The summed E-state index contributed by atoms with van der Waals surface area (Å²) < 4.78 is 3.32. The molecule has 118 valence electrons. The Morgan fingerprint density at radius 2 is 2.04 bits per heavy atom. The molecule has 0 aliphatic rings. The van der Waals surface area contributed by atoms with Gasteiger partial charge >= 0.3 is 0 Å². The first kappa shape index (κ1) is 15.0. The summed E-state index contributed by atoms with van der Waals surface area (Å²) in [4.78, 5) is 0. The van der Waals surface area contributed by atoms with Crippen LogP contribution in [0.4, 0.5) is 0 Å². The predicted molar refractivity (Wildman–Crippen MR) is 86.8 cm³/mol. The fraction of sp³-hybridized carbons (Fsp3) is 0.143. The average molecular weight is 330 g/mol. The minimum absolute atomic E-state index is 0.0251. The number of nitrogens with one attached hydrogen (secondary N) is 1. The molecule has 0 spiro atoms. The van der Waals surface area contributed by atoms with Crippen LogP contribution >= 0.6 is 12.2 Å². The van der Waals surface area contributed by atoms with Gasteiger partial charge in [-0.05, 0) is 44.3 Å². The molecule has 23 heavy (non-hydrogen) atoms. The highest BCUT2D eigenvalue weighted by Gasteiger charge is 2.11. The van der Waals surface area contributed by atoms with Gasteiger partial charge in [0.05, 0.1) is 11.9 Å². The Balaban J connectivity index is 2.04. The summed E-state index contributed by atoms with van der Waals surface area (Å²) in [6.45, 7) is 3.78. The summed E-state index contributed by atoms with van der Waals surface area (Å²) in [5.41, 5.74) is 2.17. The van der Waals surface area contributed by atoms with Crippen molar-refractivity contribution >= 4 is 18.4 Å². The quantitative estimate of drug-likeness (QED) is 0.503. The fourth-order valence-corrected chi connectivity index (χ4v) is 2.29. The summed E-state index contributed by atoms with van der Waals surface area (Å²) in [7, 11) is 0. The molecule has 2 heterocycles. The van der Waals surface area contributed by atoms with Crippen molar-refractivity contribution in [2.24, 2.45) is 5.10 Å². The van der Waals surface area contributed by atoms with E-state index in [9.17, 15) is 10.2 Å². The van der Waals surface area contributed by atoms with E-state index in [-0.39, 0.29) is 11.5 Å². The summed E-state index contributed by atoms with van der Waals surface area (Å²) >= 11 is 5.18. The minimum Gasteiger partial charge on any atom is -0.508 e. The lowest BCUT2D eigenvalue weighted by atomic mass is 10.2. The largest absolute Gasteiger partial charge is 0.508 e. The molecule has 3 aromatic rings. The molecule has 0 bridgehead atoms. The number of aromatic amines is 1. The molecule has 0 saturated carbocycles. The Morgan fingerprint density at radius 3 is 2.70 bits per heavy atom. The van der Waals surface area contributed by atoms with Gasteiger partial charge in [0.15, 0.2) is 0 Å². The number of nitrogens with zero attached hydrogens (tertiary/aromatic N) is 5. The normalized spacial score (nSPS) is 11.4. The van der Waals surface area contributed by atoms with Gasteiger partial charge in [0.2, 0.25) is 4.77 Å². The molecule has 0 amide bonds. The number of phenolic OH excluding ortho intramolecular Hbond substituents is 2. The molecule has 0 aliphatic heterocycles. The highest BCUT2D eigenvalue weighted by atomic mass is 32.1. The molecule has 0 unspecified atom stereocenters. The van der Waals surface area contributed by atoms with Crippen molar-refractivity contribution in [2.75, 3.05) is 0 Å². The monoisotopic (exact) mass is 330 g/mol. The Kier molecular flexibility index (Phi) is 3.70. The van der Waals surface area contributed by atoms with Crippen LogP contribution in [-0.4, -0.2) is 41.1 Å². The maximum atomic E-state index is 9.80. The van der Waals surface area contributed by atoms with Crippen molar-refractivity contribution in [3.8, 4) is 17.4 Å². The van der Waals surface area contributed by atoms with Crippen molar-refractivity contribution in [1.29, 1.82) is 0 Å². The molecule has 9 heteroatoms. The third-order valence-corrected chi connectivity index (χ3v) is 3.42. The summed E-state index contributed by atoms with van der Waals surface area (Å²) in [5, 5.41) is 34.5. The molecule has 3 N–H and O–H groups in total. The maximum absolute atomic E-state index is 9.80. The van der Waals surface area contributed by atoms with E-state index in [4.69, 9.17) is 12.2 Å². The molecular weight excluding hydrogens is 316 g/mol. The Hall–Kier alpha value is -2.94. The average Bonchev–Trinajstić information content (AvgIpc) is 3.00. The molecule has 0 radical (unpaired) electrons. The zero-order valence-electron chi connectivity index (χ0n) is 12.4. The molecular formula is C14H14N6O2S. The summed E-state index contributed by atoms with van der Waals surface area (Å²) in [5.74, 6) is 0.300. The second-order valence-corrected chi connectivity index (χ2v) is 5.35. The van der Waals surface area contributed by atoms with Gasteiger partial charge in [-0.1, -0.05) is 0 Å². The predicted octanol–water partition coefficient (Wildman–Crippen LogP) is 2.04. The first-order chi connectivity index (χ1) is 11.0. The molecule has 2 aromatic heterocycles. The number of H-pyrrole nitrogens is 1. The number of phenols is 2. The van der Waals surface area contributed by atoms with Crippen LogP contribution in [0.25, 0.3) is 5.95 Å². The first-order valence-electron chi connectivity index (χ1n) is 6.73.